The van der Waals surface area contributed by atoms with E-state index in [1.165, 1.54) is 0 Å². The zero-order chi connectivity index (χ0) is 14.6. The Labute approximate surface area is 115 Å². The second kappa shape index (κ2) is 11.6. The summed E-state index contributed by atoms with van der Waals surface area (Å²) in [6, 6.07) is 0. The third-order valence-electron chi connectivity index (χ3n) is 2.00. The van der Waals surface area contributed by atoms with Crippen LogP contribution in [0.3, 0.4) is 0 Å². The van der Waals surface area contributed by atoms with Gasteiger partial charge in [0, 0.05) is 0 Å². The number of hydrogen-bond donors (Lipinski definition) is 2. The predicted octanol–water partition coefficient (Wildman–Crippen LogP) is 0.205. The molecular weight excluding hydrogens is 252 g/mol. The molecule has 0 aromatic carbocycles. The van der Waals surface area contributed by atoms with Crippen LogP contribution in [0.4, 0.5) is 0 Å². The van der Waals surface area contributed by atoms with E-state index < -0.39 is 6.10 Å². The molecule has 0 spiro atoms. The predicted molar refractivity (Wildman–Crippen MR) is 71.3 cm³/mol. The molecule has 0 saturated carbocycles. The Kier molecular flexibility index (Phi) is 11.4. The minimum atomic E-state index is -0.618. The molecule has 0 aliphatic rings. The molecule has 0 saturated heterocycles. The summed E-state index contributed by atoms with van der Waals surface area (Å²) in [6.07, 6.45) is -0.618. The van der Waals surface area contributed by atoms with Crippen LogP contribution in [0, 0.1) is 0 Å². The Morgan fingerprint density at radius 1 is 0.842 bits per heavy atom. The van der Waals surface area contributed by atoms with E-state index in [0.29, 0.717) is 33.0 Å². The second-order valence-corrected chi connectivity index (χ2v) is 5.10. The van der Waals surface area contributed by atoms with Gasteiger partial charge >= 0.3 is 0 Å². The molecule has 0 fully saturated rings. The van der Waals surface area contributed by atoms with Gasteiger partial charge in [-0.1, -0.05) is 0 Å². The van der Waals surface area contributed by atoms with E-state index in [9.17, 15) is 5.11 Å². The molecule has 6 nitrogen and oxygen atoms in total. The molecule has 19 heavy (non-hydrogen) atoms. The summed E-state index contributed by atoms with van der Waals surface area (Å²) in [5.41, 5.74) is -0.251. The van der Waals surface area contributed by atoms with E-state index in [2.05, 4.69) is 0 Å². The lowest BCUT2D eigenvalue weighted by Crippen LogP contribution is -2.29. The zero-order valence-corrected chi connectivity index (χ0v) is 12.3. The van der Waals surface area contributed by atoms with Crippen LogP contribution in [0.25, 0.3) is 0 Å². The molecule has 6 heteroatoms. The van der Waals surface area contributed by atoms with Crippen molar-refractivity contribution in [3.8, 4) is 0 Å². The monoisotopic (exact) mass is 280 g/mol. The third kappa shape index (κ3) is 15.7. The molecule has 0 aliphatic heterocycles. The van der Waals surface area contributed by atoms with Gasteiger partial charge in [-0.15, -0.1) is 0 Å². The average Bonchev–Trinajstić information content (AvgIpc) is 2.33. The minimum absolute atomic E-state index is 0.0254. The van der Waals surface area contributed by atoms with Crippen molar-refractivity contribution in [2.75, 3.05) is 52.9 Å². The van der Waals surface area contributed by atoms with Gasteiger partial charge in [-0.2, -0.15) is 0 Å². The molecule has 1 atom stereocenters. The number of rotatable bonds is 12. The largest absolute Gasteiger partial charge is 0.394 e. The van der Waals surface area contributed by atoms with E-state index in [4.69, 9.17) is 24.1 Å². The van der Waals surface area contributed by atoms with Gasteiger partial charge in [-0.05, 0) is 20.8 Å². The summed E-state index contributed by atoms with van der Waals surface area (Å²) in [5.74, 6) is 0. The molecule has 1 unspecified atom stereocenters. The summed E-state index contributed by atoms with van der Waals surface area (Å²) in [6.45, 7) is 8.48. The maximum Gasteiger partial charge on any atom is 0.101 e. The first-order valence-corrected chi connectivity index (χ1v) is 6.62. The Bertz CT molecular complexity index is 192. The van der Waals surface area contributed by atoms with Gasteiger partial charge in [-0.3, -0.25) is 0 Å². The van der Waals surface area contributed by atoms with Crippen molar-refractivity contribution in [3.63, 3.8) is 0 Å². The molecule has 0 aliphatic carbocycles. The Hall–Kier alpha value is -0.240. The minimum Gasteiger partial charge on any atom is -0.394 e. The van der Waals surface area contributed by atoms with Gasteiger partial charge in [-0.25, -0.2) is 0 Å². The number of ether oxygens (including phenoxy) is 4. The van der Waals surface area contributed by atoms with Gasteiger partial charge in [0.2, 0.25) is 0 Å². The molecule has 0 rings (SSSR count). The van der Waals surface area contributed by atoms with Crippen molar-refractivity contribution in [1.29, 1.82) is 0 Å². The van der Waals surface area contributed by atoms with Crippen molar-refractivity contribution in [1.82, 2.24) is 0 Å². The topological polar surface area (TPSA) is 77.4 Å². The van der Waals surface area contributed by atoms with Crippen LogP contribution in [0.15, 0.2) is 0 Å². The fourth-order valence-corrected chi connectivity index (χ4v) is 1.12. The molecule has 0 radical (unpaired) electrons. The summed E-state index contributed by atoms with van der Waals surface area (Å²) >= 11 is 0. The highest BCUT2D eigenvalue weighted by molar-refractivity contribution is 4.61. The van der Waals surface area contributed by atoms with Crippen LogP contribution in [-0.2, 0) is 18.9 Å². The Balaban J connectivity index is 3.21. The smallest absolute Gasteiger partial charge is 0.101 e. The molecule has 2 N–H and O–H groups in total. The van der Waals surface area contributed by atoms with Gasteiger partial charge < -0.3 is 29.2 Å². The van der Waals surface area contributed by atoms with Gasteiger partial charge in [0.15, 0.2) is 0 Å². The van der Waals surface area contributed by atoms with Crippen LogP contribution in [0.2, 0.25) is 0 Å². The second-order valence-electron chi connectivity index (χ2n) is 5.10. The highest BCUT2D eigenvalue weighted by Gasteiger charge is 2.13. The maximum absolute atomic E-state index is 9.58. The van der Waals surface area contributed by atoms with Gasteiger partial charge in [0.05, 0.1) is 58.5 Å². The van der Waals surface area contributed by atoms with Crippen molar-refractivity contribution < 1.29 is 29.2 Å². The molecule has 0 bridgehead atoms. The van der Waals surface area contributed by atoms with E-state index in [1.807, 2.05) is 20.8 Å². The highest BCUT2D eigenvalue weighted by atomic mass is 16.6. The number of hydrogen-bond acceptors (Lipinski definition) is 6. The van der Waals surface area contributed by atoms with E-state index in [1.54, 1.807) is 0 Å². The molecule has 0 aromatic heterocycles. The van der Waals surface area contributed by atoms with Crippen LogP contribution in [0.1, 0.15) is 20.8 Å². The van der Waals surface area contributed by atoms with E-state index in [0.717, 1.165) is 0 Å². The zero-order valence-electron chi connectivity index (χ0n) is 12.3. The van der Waals surface area contributed by atoms with Crippen molar-refractivity contribution in [2.45, 2.75) is 32.5 Å². The lowest BCUT2D eigenvalue weighted by Gasteiger charge is -2.21. The first-order chi connectivity index (χ1) is 8.95. The van der Waals surface area contributed by atoms with Crippen LogP contribution in [-0.4, -0.2) is 74.8 Å². The lowest BCUT2D eigenvalue weighted by atomic mass is 10.2. The summed E-state index contributed by atoms with van der Waals surface area (Å²) in [4.78, 5) is 0. The third-order valence-corrected chi connectivity index (χ3v) is 2.00. The fourth-order valence-electron chi connectivity index (χ4n) is 1.12. The normalized spacial score (nSPS) is 13.7. The molecule has 0 heterocycles. The van der Waals surface area contributed by atoms with Crippen molar-refractivity contribution >= 4 is 0 Å². The first-order valence-electron chi connectivity index (χ1n) is 6.62. The quantitative estimate of drug-likeness (QED) is 0.497. The maximum atomic E-state index is 9.58. The highest BCUT2D eigenvalue weighted by Crippen LogP contribution is 2.07. The number of aliphatic hydroxyl groups excluding tert-OH is 2. The van der Waals surface area contributed by atoms with E-state index >= 15 is 0 Å². The van der Waals surface area contributed by atoms with Crippen LogP contribution in [0.5, 0.6) is 0 Å². The van der Waals surface area contributed by atoms with Crippen molar-refractivity contribution in [2.24, 2.45) is 0 Å². The average molecular weight is 280 g/mol. The Morgan fingerprint density at radius 2 is 1.37 bits per heavy atom. The summed E-state index contributed by atoms with van der Waals surface area (Å²) < 4.78 is 20.9. The van der Waals surface area contributed by atoms with E-state index in [-0.39, 0.29) is 25.4 Å². The molecule has 0 amide bonds. The first kappa shape index (κ1) is 18.8. The Morgan fingerprint density at radius 3 is 1.89 bits per heavy atom. The number of aliphatic hydroxyl groups is 2. The van der Waals surface area contributed by atoms with Crippen LogP contribution < -0.4 is 0 Å². The SMILES string of the molecule is CC(C)(C)OCC(O)COCCOCCOCCO. The lowest BCUT2D eigenvalue weighted by molar-refractivity contribution is -0.0765. The molecule has 0 aromatic rings. The van der Waals surface area contributed by atoms with Crippen LogP contribution >= 0.6 is 0 Å². The summed E-state index contributed by atoms with van der Waals surface area (Å²) in [5, 5.41) is 18.0. The van der Waals surface area contributed by atoms with Gasteiger partial charge in [0.25, 0.3) is 0 Å². The fraction of sp³-hybridized carbons (Fsp3) is 1.00. The van der Waals surface area contributed by atoms with Crippen molar-refractivity contribution in [3.05, 3.63) is 0 Å². The summed E-state index contributed by atoms with van der Waals surface area (Å²) in [7, 11) is 0. The standard InChI is InChI=1S/C13H28O6/c1-13(2,3)19-11-12(15)10-18-9-8-17-7-6-16-5-4-14/h12,14-15H,4-11H2,1-3H3. The molecule has 116 valence electrons. The van der Waals surface area contributed by atoms with Gasteiger partial charge in [0.1, 0.15) is 6.10 Å². The molecular formula is C13H28O6.